The summed E-state index contributed by atoms with van der Waals surface area (Å²) < 4.78 is 5.73. The maximum atomic E-state index is 13.9. The van der Waals surface area contributed by atoms with Crippen LogP contribution < -0.4 is 15.5 Å². The van der Waals surface area contributed by atoms with E-state index in [4.69, 9.17) is 4.52 Å². The summed E-state index contributed by atoms with van der Waals surface area (Å²) in [4.78, 5) is 43.6. The van der Waals surface area contributed by atoms with E-state index in [9.17, 15) is 14.4 Å². The second kappa shape index (κ2) is 12.7. The van der Waals surface area contributed by atoms with Gasteiger partial charge in [-0.3, -0.25) is 9.59 Å². The first-order valence-corrected chi connectivity index (χ1v) is 15.7. The molecule has 220 valence electrons. The molecule has 0 spiro atoms. The number of aromatic nitrogens is 1. The van der Waals surface area contributed by atoms with Crippen LogP contribution in [0.25, 0.3) is 4.91 Å². The minimum absolute atomic E-state index is 0.0298. The Morgan fingerprint density at radius 2 is 1.85 bits per heavy atom. The van der Waals surface area contributed by atoms with Crippen LogP contribution in [0, 0.1) is 11.8 Å². The minimum atomic E-state index is -0.525. The lowest BCUT2D eigenvalue weighted by Gasteiger charge is -2.30. The molecule has 0 aliphatic carbocycles. The molecule has 1 aromatic heterocycles. The van der Waals surface area contributed by atoms with Crippen molar-refractivity contribution >= 4 is 40.6 Å². The number of carbonyl (C=O) groups is 3. The molecule has 2 saturated heterocycles. The van der Waals surface area contributed by atoms with E-state index in [1.54, 1.807) is 16.7 Å². The number of hydrogen-bond donors (Lipinski definition) is 2. The smallest absolute Gasteiger partial charge is 0.243 e. The van der Waals surface area contributed by atoms with Gasteiger partial charge in [0.25, 0.3) is 0 Å². The number of piperidine rings is 1. The van der Waals surface area contributed by atoms with Gasteiger partial charge in [0.2, 0.25) is 11.8 Å². The molecule has 3 aliphatic heterocycles. The molecular formula is C31H41N5O4S. The zero-order valence-electron chi connectivity index (χ0n) is 24.4. The maximum absolute atomic E-state index is 13.9. The summed E-state index contributed by atoms with van der Waals surface area (Å²) in [5.74, 6) is 1.44. The topological polar surface area (TPSA) is 108 Å². The Hall–Kier alpha value is -3.27. The van der Waals surface area contributed by atoms with Crippen molar-refractivity contribution in [2.45, 2.75) is 71.4 Å². The Labute approximate surface area is 246 Å². The van der Waals surface area contributed by atoms with E-state index < -0.39 is 12.0 Å². The summed E-state index contributed by atoms with van der Waals surface area (Å²) in [6.45, 7) is 10.1. The van der Waals surface area contributed by atoms with E-state index in [1.165, 1.54) is 16.2 Å². The lowest BCUT2D eigenvalue weighted by Crippen LogP contribution is -2.48. The summed E-state index contributed by atoms with van der Waals surface area (Å²) in [7, 11) is 0. The van der Waals surface area contributed by atoms with Crippen LogP contribution in [0.3, 0.4) is 0 Å². The minimum Gasteiger partial charge on any atom is -0.378 e. The highest BCUT2D eigenvalue weighted by atomic mass is 32.2. The highest BCUT2D eigenvalue weighted by Gasteiger charge is 2.40. The van der Waals surface area contributed by atoms with E-state index in [-0.39, 0.29) is 29.7 Å². The van der Waals surface area contributed by atoms with Gasteiger partial charge in [-0.1, -0.05) is 43.3 Å². The van der Waals surface area contributed by atoms with Gasteiger partial charge in [-0.2, -0.15) is 0 Å². The molecule has 0 radical (unpaired) electrons. The number of nitrogens with one attached hydrogen (secondary N) is 2. The number of likely N-dealkylation sites (tertiary alicyclic amines) is 1. The van der Waals surface area contributed by atoms with Crippen molar-refractivity contribution in [3.63, 3.8) is 0 Å². The normalized spacial score (nSPS) is 21.2. The van der Waals surface area contributed by atoms with Crippen LogP contribution in [0.5, 0.6) is 0 Å². The summed E-state index contributed by atoms with van der Waals surface area (Å²) >= 11 is 1.80. The van der Waals surface area contributed by atoms with Crippen LogP contribution in [-0.2, 0) is 14.4 Å². The second-order valence-corrected chi connectivity index (χ2v) is 12.7. The lowest BCUT2D eigenvalue weighted by atomic mass is 9.91. The van der Waals surface area contributed by atoms with Crippen molar-refractivity contribution in [2.75, 3.05) is 30.4 Å². The molecule has 9 nitrogen and oxygen atoms in total. The lowest BCUT2D eigenvalue weighted by molar-refractivity contribution is -0.141. The predicted molar refractivity (Wildman–Crippen MR) is 161 cm³/mol. The molecule has 41 heavy (non-hydrogen) atoms. The molecule has 2 amide bonds. The Morgan fingerprint density at radius 1 is 1.12 bits per heavy atom. The van der Waals surface area contributed by atoms with Crippen molar-refractivity contribution in [3.05, 3.63) is 52.9 Å². The van der Waals surface area contributed by atoms with E-state index in [0.29, 0.717) is 24.5 Å². The van der Waals surface area contributed by atoms with Gasteiger partial charge in [-0.05, 0) is 56.6 Å². The van der Waals surface area contributed by atoms with Crippen molar-refractivity contribution in [2.24, 2.45) is 11.8 Å². The van der Waals surface area contributed by atoms with E-state index >= 15 is 0 Å². The Morgan fingerprint density at radius 3 is 2.49 bits per heavy atom. The molecule has 0 bridgehead atoms. The molecule has 0 unspecified atom stereocenters. The number of thioether (sulfide) groups is 1. The summed E-state index contributed by atoms with van der Waals surface area (Å²) in [5.41, 5.74) is 3.39. The average Bonchev–Trinajstić information content (AvgIpc) is 3.74. The van der Waals surface area contributed by atoms with Crippen molar-refractivity contribution in [1.82, 2.24) is 20.7 Å². The number of benzene rings is 1. The van der Waals surface area contributed by atoms with Crippen LogP contribution in [0.15, 0.2) is 40.6 Å². The van der Waals surface area contributed by atoms with E-state index in [2.05, 4.69) is 51.9 Å². The molecule has 3 aliphatic rings. The van der Waals surface area contributed by atoms with Crippen LogP contribution in [0.4, 0.5) is 5.82 Å². The van der Waals surface area contributed by atoms with E-state index in [0.717, 1.165) is 50.1 Å². The molecular weight excluding hydrogens is 538 g/mol. The van der Waals surface area contributed by atoms with Gasteiger partial charge >= 0.3 is 0 Å². The van der Waals surface area contributed by atoms with Crippen LogP contribution in [-0.4, -0.2) is 59.7 Å². The molecule has 0 saturated carbocycles. The average molecular weight is 580 g/mol. The third-order valence-corrected chi connectivity index (χ3v) is 9.70. The maximum Gasteiger partial charge on any atom is 0.243 e. The van der Waals surface area contributed by atoms with Gasteiger partial charge in [-0.15, -0.1) is 11.8 Å². The highest BCUT2D eigenvalue weighted by molar-refractivity contribution is 8.08. The Bertz CT molecular complexity index is 1280. The first-order valence-electron chi connectivity index (χ1n) is 14.7. The highest BCUT2D eigenvalue weighted by Crippen LogP contribution is 2.35. The summed E-state index contributed by atoms with van der Waals surface area (Å²) in [5, 5.41) is 10.8. The molecule has 1 aromatic carbocycles. The first-order chi connectivity index (χ1) is 19.8. The zero-order valence-corrected chi connectivity index (χ0v) is 25.2. The van der Waals surface area contributed by atoms with Crippen LogP contribution in [0.2, 0.25) is 0 Å². The molecule has 2 aromatic rings. The van der Waals surface area contributed by atoms with Crippen molar-refractivity contribution in [1.29, 1.82) is 0 Å². The largest absolute Gasteiger partial charge is 0.378 e. The molecule has 2 N–H and O–H groups in total. The Balaban J connectivity index is 1.24. The molecule has 10 heteroatoms. The summed E-state index contributed by atoms with van der Waals surface area (Å²) in [6, 6.07) is 9.50. The van der Waals surface area contributed by atoms with Gasteiger partial charge in [0.1, 0.15) is 18.2 Å². The first kappa shape index (κ1) is 29.2. The predicted octanol–water partition coefficient (Wildman–Crippen LogP) is 4.68. The third-order valence-electron chi connectivity index (χ3n) is 8.58. The molecule has 4 heterocycles. The number of hydrogen-bond acceptors (Lipinski definition) is 8. The number of allylic oxidation sites excluding steroid dienone is 1. The zero-order chi connectivity index (χ0) is 29.1. The second-order valence-electron chi connectivity index (χ2n) is 11.7. The number of anilines is 1. The van der Waals surface area contributed by atoms with Gasteiger partial charge < -0.3 is 29.8 Å². The molecule has 2 fully saturated rings. The number of rotatable bonds is 9. The number of carbonyl (C=O) groups excluding carboxylic acids is 3. The van der Waals surface area contributed by atoms with Gasteiger partial charge in [0.05, 0.1) is 11.9 Å². The molecule has 5 rings (SSSR count). The standard InChI is InChI=1S/C31H41N5O4S/c1-19(2)28(26-16-27(34-40-26)35-14-11-22(17-37)12-15-35)31(39)36-13-5-6-25(36)30(38)33-20(3)23-7-9-24(10-8-23)29-21(4)32-18-41-29/h7-10,16-17,19-20,22,25,28,32H,5-6,11-15,18H2,1-4H3,(H,33,38)/t20-,25-,28+/m0/s1. The SMILES string of the molecule is CC1=C(c2ccc([C@H](C)NC(=O)[C@@H]3CCCN3C(=O)[C@@H](c3cc(N4CCC(C=O)CC4)no3)C(C)C)cc2)SCN1. The fourth-order valence-corrected chi connectivity index (χ4v) is 7.10. The van der Waals surface area contributed by atoms with Gasteiger partial charge in [-0.25, -0.2) is 0 Å². The Kier molecular flexibility index (Phi) is 9.06. The van der Waals surface area contributed by atoms with Crippen LogP contribution >= 0.6 is 11.8 Å². The molecule has 3 atom stereocenters. The van der Waals surface area contributed by atoms with Gasteiger partial charge in [0, 0.05) is 42.2 Å². The third kappa shape index (κ3) is 6.32. The monoisotopic (exact) mass is 579 g/mol. The van der Waals surface area contributed by atoms with Gasteiger partial charge in [0.15, 0.2) is 11.6 Å². The van der Waals surface area contributed by atoms with Crippen LogP contribution in [0.1, 0.15) is 82.2 Å². The fraction of sp³-hybridized carbons (Fsp3) is 0.548. The number of nitrogens with zero attached hydrogens (tertiary/aromatic N) is 3. The number of aldehydes is 1. The van der Waals surface area contributed by atoms with Crippen molar-refractivity contribution < 1.29 is 18.9 Å². The quantitative estimate of drug-likeness (QED) is 0.413. The number of amides is 2. The summed E-state index contributed by atoms with van der Waals surface area (Å²) in [6.07, 6.45) is 4.04. The fourth-order valence-electron chi connectivity index (χ4n) is 6.08. The van der Waals surface area contributed by atoms with Crippen molar-refractivity contribution in [3.8, 4) is 0 Å². The van der Waals surface area contributed by atoms with E-state index in [1.807, 2.05) is 26.8 Å².